The molecule has 88 valence electrons. The van der Waals surface area contributed by atoms with Crippen molar-refractivity contribution in [1.82, 2.24) is 5.32 Å². The zero-order valence-electron chi connectivity index (χ0n) is 8.86. The molecular weight excluding hydrogens is 234 g/mol. The highest BCUT2D eigenvalue weighted by molar-refractivity contribution is 7.80. The molecule has 0 rings (SSSR count). The molecule has 1 amide bonds. The van der Waals surface area contributed by atoms with Gasteiger partial charge in [0.1, 0.15) is 6.04 Å². The van der Waals surface area contributed by atoms with Gasteiger partial charge >= 0.3 is 5.97 Å². The molecule has 0 aromatic rings. The van der Waals surface area contributed by atoms with E-state index in [4.69, 9.17) is 5.11 Å². The van der Waals surface area contributed by atoms with Crippen LogP contribution in [-0.2, 0) is 9.59 Å². The van der Waals surface area contributed by atoms with Crippen LogP contribution in [0.3, 0.4) is 0 Å². The molecule has 0 aromatic heterocycles. The molecule has 0 aliphatic rings. The number of hydrogen-bond donors (Lipinski definition) is 4. The van der Waals surface area contributed by atoms with E-state index in [9.17, 15) is 9.59 Å². The summed E-state index contributed by atoms with van der Waals surface area (Å²) in [4.78, 5) is 22.4. The van der Waals surface area contributed by atoms with Crippen molar-refractivity contribution in [2.45, 2.75) is 26.3 Å². The van der Waals surface area contributed by atoms with Crippen LogP contribution in [-0.4, -0.2) is 34.5 Å². The summed E-state index contributed by atoms with van der Waals surface area (Å²) >= 11 is 7.99. The number of aliphatic carboxylic acids is 1. The van der Waals surface area contributed by atoms with E-state index < -0.39 is 17.4 Å². The van der Waals surface area contributed by atoms with Crippen molar-refractivity contribution >= 4 is 37.1 Å². The quantitative estimate of drug-likeness (QED) is 0.529. The molecular formula is C9H17NO3S2. The minimum atomic E-state index is -1.03. The molecule has 0 aliphatic heterocycles. The van der Waals surface area contributed by atoms with Gasteiger partial charge in [-0.05, 0) is 12.2 Å². The molecule has 4 nitrogen and oxygen atoms in total. The predicted molar refractivity (Wildman–Crippen MR) is 65.7 cm³/mol. The first-order valence-electron chi connectivity index (χ1n) is 4.60. The van der Waals surface area contributed by atoms with E-state index in [1.807, 2.05) is 0 Å². The second-order valence-corrected chi connectivity index (χ2v) is 4.68. The summed E-state index contributed by atoms with van der Waals surface area (Å²) in [5.74, 6) is -0.552. The number of carbonyl (C=O) groups is 2. The lowest BCUT2D eigenvalue weighted by molar-refractivity contribution is -0.143. The molecule has 6 heteroatoms. The van der Waals surface area contributed by atoms with Gasteiger partial charge in [-0.3, -0.25) is 4.79 Å². The molecule has 0 aliphatic carbocycles. The van der Waals surface area contributed by atoms with Crippen molar-refractivity contribution in [2.24, 2.45) is 5.41 Å². The lowest BCUT2D eigenvalue weighted by Crippen LogP contribution is -2.47. The number of thiol groups is 2. The Balaban J connectivity index is 4.41. The van der Waals surface area contributed by atoms with Gasteiger partial charge in [-0.25, -0.2) is 4.79 Å². The lowest BCUT2D eigenvalue weighted by Gasteiger charge is -2.23. The zero-order valence-corrected chi connectivity index (χ0v) is 10.6. The summed E-state index contributed by atoms with van der Waals surface area (Å²) in [5, 5.41) is 11.3. The number of nitrogens with one attached hydrogen (secondary N) is 1. The summed E-state index contributed by atoms with van der Waals surface area (Å²) in [5.41, 5.74) is -0.659. The molecule has 0 bridgehead atoms. The summed E-state index contributed by atoms with van der Waals surface area (Å²) < 4.78 is 0. The minimum Gasteiger partial charge on any atom is -0.480 e. The molecule has 1 atom stereocenters. The van der Waals surface area contributed by atoms with Crippen LogP contribution in [0.1, 0.15) is 20.3 Å². The van der Waals surface area contributed by atoms with Crippen molar-refractivity contribution in [3.8, 4) is 0 Å². The van der Waals surface area contributed by atoms with Gasteiger partial charge in [0.05, 0.1) is 5.41 Å². The van der Waals surface area contributed by atoms with E-state index in [2.05, 4.69) is 30.6 Å². The Bertz CT molecular complexity index is 244. The maximum Gasteiger partial charge on any atom is 0.326 e. The van der Waals surface area contributed by atoms with E-state index in [-0.39, 0.29) is 5.91 Å². The Morgan fingerprint density at radius 1 is 1.40 bits per heavy atom. The third-order valence-electron chi connectivity index (χ3n) is 2.03. The first-order chi connectivity index (χ1) is 6.85. The average molecular weight is 251 g/mol. The van der Waals surface area contributed by atoms with Crippen molar-refractivity contribution < 1.29 is 14.7 Å². The summed E-state index contributed by atoms with van der Waals surface area (Å²) in [6, 6.07) is -0.867. The van der Waals surface area contributed by atoms with Crippen LogP contribution in [0.15, 0.2) is 0 Å². The van der Waals surface area contributed by atoms with E-state index in [1.165, 1.54) is 0 Å². The van der Waals surface area contributed by atoms with Gasteiger partial charge in [0.15, 0.2) is 0 Å². The largest absolute Gasteiger partial charge is 0.480 e. The number of rotatable bonds is 6. The fourth-order valence-corrected chi connectivity index (χ4v) is 1.21. The van der Waals surface area contributed by atoms with Crippen LogP contribution in [0.5, 0.6) is 0 Å². The highest BCUT2D eigenvalue weighted by Gasteiger charge is 2.29. The van der Waals surface area contributed by atoms with E-state index in [0.29, 0.717) is 17.9 Å². The SMILES string of the molecule is CC(C)(CS)C(=O)N[C@H](CCS)C(=O)O. The van der Waals surface area contributed by atoms with Crippen LogP contribution in [0, 0.1) is 5.41 Å². The maximum atomic E-state index is 11.6. The molecule has 0 heterocycles. The second kappa shape index (κ2) is 6.27. The standard InChI is InChI=1S/C9H17NO3S2/c1-9(2,5-15)8(13)10-6(3-4-14)7(11)12/h6,14-15H,3-5H2,1-2H3,(H,10,13)(H,11,12)/t6-/m1/s1. The maximum absolute atomic E-state index is 11.6. The normalized spacial score (nSPS) is 13.3. The Kier molecular flexibility index (Phi) is 6.12. The highest BCUT2D eigenvalue weighted by atomic mass is 32.1. The summed E-state index contributed by atoms with van der Waals surface area (Å²) in [7, 11) is 0. The van der Waals surface area contributed by atoms with Gasteiger partial charge in [-0.2, -0.15) is 25.3 Å². The molecule has 0 saturated carbocycles. The molecule has 0 unspecified atom stereocenters. The molecule has 0 saturated heterocycles. The highest BCUT2D eigenvalue weighted by Crippen LogP contribution is 2.17. The van der Waals surface area contributed by atoms with E-state index in [0.717, 1.165) is 0 Å². The van der Waals surface area contributed by atoms with Gasteiger partial charge in [-0.1, -0.05) is 13.8 Å². The topological polar surface area (TPSA) is 66.4 Å². The third kappa shape index (κ3) is 4.79. The average Bonchev–Trinajstić information content (AvgIpc) is 2.16. The number of amides is 1. The van der Waals surface area contributed by atoms with Crippen molar-refractivity contribution in [3.05, 3.63) is 0 Å². The van der Waals surface area contributed by atoms with Crippen molar-refractivity contribution in [1.29, 1.82) is 0 Å². The smallest absolute Gasteiger partial charge is 0.326 e. The molecule has 15 heavy (non-hydrogen) atoms. The number of carboxylic acid groups (broad SMARTS) is 1. The van der Waals surface area contributed by atoms with Crippen molar-refractivity contribution in [3.63, 3.8) is 0 Å². The van der Waals surface area contributed by atoms with Crippen LogP contribution in [0.2, 0.25) is 0 Å². The Labute approximate surface area is 101 Å². The molecule has 0 radical (unpaired) electrons. The van der Waals surface area contributed by atoms with E-state index >= 15 is 0 Å². The number of carbonyl (C=O) groups excluding carboxylic acids is 1. The monoisotopic (exact) mass is 251 g/mol. The summed E-state index contributed by atoms with van der Waals surface area (Å²) in [6.07, 6.45) is 0.312. The predicted octanol–water partition coefficient (Wildman–Crippen LogP) is 0.832. The van der Waals surface area contributed by atoms with Crippen LogP contribution < -0.4 is 5.32 Å². The summed E-state index contributed by atoms with van der Waals surface area (Å²) in [6.45, 7) is 3.43. The fraction of sp³-hybridized carbons (Fsp3) is 0.778. The zero-order chi connectivity index (χ0) is 12.1. The second-order valence-electron chi connectivity index (χ2n) is 3.92. The Hall–Kier alpha value is -0.360. The first-order valence-corrected chi connectivity index (χ1v) is 5.87. The van der Waals surface area contributed by atoms with Gasteiger partial charge in [0, 0.05) is 5.75 Å². The molecule has 0 fully saturated rings. The van der Waals surface area contributed by atoms with Gasteiger partial charge in [0.25, 0.3) is 0 Å². The fourth-order valence-electron chi connectivity index (χ4n) is 0.812. The Morgan fingerprint density at radius 2 is 1.93 bits per heavy atom. The van der Waals surface area contributed by atoms with E-state index in [1.54, 1.807) is 13.8 Å². The molecule has 0 spiro atoms. The molecule has 2 N–H and O–H groups in total. The van der Waals surface area contributed by atoms with Gasteiger partial charge in [0.2, 0.25) is 5.91 Å². The van der Waals surface area contributed by atoms with Crippen LogP contribution in [0.4, 0.5) is 0 Å². The Morgan fingerprint density at radius 3 is 2.27 bits per heavy atom. The van der Waals surface area contributed by atoms with Crippen LogP contribution >= 0.6 is 25.3 Å². The number of hydrogen-bond acceptors (Lipinski definition) is 4. The molecule has 0 aromatic carbocycles. The lowest BCUT2D eigenvalue weighted by atomic mass is 9.94. The van der Waals surface area contributed by atoms with Gasteiger partial charge in [-0.15, -0.1) is 0 Å². The minimum absolute atomic E-state index is 0.299. The van der Waals surface area contributed by atoms with Crippen molar-refractivity contribution in [2.75, 3.05) is 11.5 Å². The first kappa shape index (κ1) is 14.6. The number of carboxylic acids is 1. The van der Waals surface area contributed by atoms with Gasteiger partial charge < -0.3 is 10.4 Å². The third-order valence-corrected chi connectivity index (χ3v) is 3.08. The van der Waals surface area contributed by atoms with Crippen LogP contribution in [0.25, 0.3) is 0 Å².